The van der Waals surface area contributed by atoms with E-state index >= 15 is 0 Å². The Morgan fingerprint density at radius 3 is 2.42 bits per heavy atom. The molecule has 2 radical (unpaired) electrons. The first-order chi connectivity index (χ1) is 5.34. The molecule has 0 aliphatic rings. The number of hydrogen-bond acceptors (Lipinski definition) is 2. The van der Waals surface area contributed by atoms with Crippen LogP contribution in [0.15, 0.2) is 30.3 Å². The van der Waals surface area contributed by atoms with Crippen LogP contribution in [0.1, 0.15) is 17.3 Å². The molecule has 12 heavy (non-hydrogen) atoms. The second-order valence-corrected chi connectivity index (χ2v) is 2.09. The van der Waals surface area contributed by atoms with Crippen LogP contribution in [0.2, 0.25) is 0 Å². The Morgan fingerprint density at radius 1 is 1.33 bits per heavy atom. The molecule has 3 heteroatoms. The molecule has 0 saturated carbocycles. The molecule has 0 unspecified atom stereocenters. The molecule has 0 fully saturated rings. The summed E-state index contributed by atoms with van der Waals surface area (Å²) in [5.41, 5.74) is 0.606. The number of carbonyl (C=O) groups excluding carboxylic acids is 1. The van der Waals surface area contributed by atoms with E-state index in [0.717, 1.165) is 0 Å². The monoisotopic (exact) mass is 190 g/mol. The van der Waals surface area contributed by atoms with Crippen molar-refractivity contribution in [2.24, 2.45) is 0 Å². The van der Waals surface area contributed by atoms with Crippen molar-refractivity contribution in [2.45, 2.75) is 6.92 Å². The van der Waals surface area contributed by atoms with Crippen LogP contribution in [-0.2, 0) is 4.74 Å². The molecule has 0 atom stereocenters. The van der Waals surface area contributed by atoms with Crippen molar-refractivity contribution in [1.29, 1.82) is 0 Å². The average molecular weight is 190 g/mol. The van der Waals surface area contributed by atoms with Gasteiger partial charge in [0, 0.05) is 37.7 Å². The van der Waals surface area contributed by atoms with Crippen LogP contribution >= 0.6 is 0 Å². The third-order valence-electron chi connectivity index (χ3n) is 1.28. The van der Waals surface area contributed by atoms with Gasteiger partial charge in [-0.15, -0.1) is 0 Å². The van der Waals surface area contributed by atoms with Crippen LogP contribution < -0.4 is 0 Å². The van der Waals surface area contributed by atoms with Crippen LogP contribution in [0.3, 0.4) is 0 Å². The van der Waals surface area contributed by atoms with Crippen LogP contribution in [0.5, 0.6) is 0 Å². The zero-order chi connectivity index (χ0) is 8.10. The third kappa shape index (κ3) is 3.57. The fourth-order valence-electron chi connectivity index (χ4n) is 0.789. The molecular weight excluding hydrogens is 180 g/mol. The van der Waals surface area contributed by atoms with Gasteiger partial charge in [0.05, 0.1) is 12.2 Å². The van der Waals surface area contributed by atoms with E-state index in [1.54, 1.807) is 19.1 Å². The summed E-state index contributed by atoms with van der Waals surface area (Å²) in [6, 6.07) is 8.96. The summed E-state index contributed by atoms with van der Waals surface area (Å²) in [5.74, 6) is -0.256. The van der Waals surface area contributed by atoms with E-state index in [1.165, 1.54) is 0 Å². The largest absolute Gasteiger partial charge is 0.462 e. The van der Waals surface area contributed by atoms with Crippen molar-refractivity contribution in [3.05, 3.63) is 35.9 Å². The number of hydrogen-bond donors (Lipinski definition) is 0. The molecule has 0 amide bonds. The molecule has 2 nitrogen and oxygen atoms in total. The van der Waals surface area contributed by atoms with Gasteiger partial charge < -0.3 is 4.74 Å². The smallest absolute Gasteiger partial charge is 0.338 e. The first kappa shape index (κ1) is 11.9. The Labute approximate surface area is 102 Å². The van der Waals surface area contributed by atoms with Gasteiger partial charge in [0.15, 0.2) is 0 Å². The molecule has 1 aromatic carbocycles. The summed E-state index contributed by atoms with van der Waals surface area (Å²) in [5, 5.41) is 0. The number of carbonyl (C=O) groups is 1. The van der Waals surface area contributed by atoms with Gasteiger partial charge in [-0.25, -0.2) is 4.79 Å². The van der Waals surface area contributed by atoms with Gasteiger partial charge in [-0.2, -0.15) is 0 Å². The fraction of sp³-hybridized carbons (Fsp3) is 0.222. The van der Waals surface area contributed by atoms with Crippen LogP contribution in [0, 0.1) is 0 Å². The number of rotatable bonds is 2. The summed E-state index contributed by atoms with van der Waals surface area (Å²) >= 11 is 0. The first-order valence-corrected chi connectivity index (χ1v) is 3.56. The molecule has 0 aliphatic heterocycles. The molecule has 60 valence electrons. The predicted molar refractivity (Wildman–Crippen MR) is 48.2 cm³/mol. The molecule has 0 aromatic heterocycles. The van der Waals surface area contributed by atoms with Crippen molar-refractivity contribution in [2.75, 3.05) is 6.61 Å². The Morgan fingerprint density at radius 2 is 1.92 bits per heavy atom. The SMILES string of the molecule is CCOC(=O)c1ccccc1.[Ca]. The molecule has 1 rings (SSSR count). The van der Waals surface area contributed by atoms with Crippen molar-refractivity contribution in [3.8, 4) is 0 Å². The Hall–Kier alpha value is -0.0503. The van der Waals surface area contributed by atoms with Gasteiger partial charge in [0.1, 0.15) is 0 Å². The van der Waals surface area contributed by atoms with Crippen LogP contribution in [-0.4, -0.2) is 50.3 Å². The van der Waals surface area contributed by atoms with Crippen molar-refractivity contribution in [1.82, 2.24) is 0 Å². The number of esters is 1. The van der Waals surface area contributed by atoms with Gasteiger partial charge in [-0.05, 0) is 19.1 Å². The van der Waals surface area contributed by atoms with E-state index in [9.17, 15) is 4.79 Å². The maximum Gasteiger partial charge on any atom is 0.338 e. The van der Waals surface area contributed by atoms with Crippen molar-refractivity contribution >= 4 is 43.7 Å². The van der Waals surface area contributed by atoms with Crippen molar-refractivity contribution in [3.63, 3.8) is 0 Å². The molecule has 1 aromatic rings. The van der Waals surface area contributed by atoms with Crippen LogP contribution in [0.4, 0.5) is 0 Å². The van der Waals surface area contributed by atoms with Gasteiger partial charge in [-0.3, -0.25) is 0 Å². The maximum absolute atomic E-state index is 11.0. The molecular formula is C9H10CaO2. The Bertz CT molecular complexity index is 234. The minimum absolute atomic E-state index is 0. The van der Waals surface area contributed by atoms with E-state index in [4.69, 9.17) is 4.74 Å². The minimum atomic E-state index is -0.256. The minimum Gasteiger partial charge on any atom is -0.462 e. The predicted octanol–water partition coefficient (Wildman–Crippen LogP) is 1.48. The second kappa shape index (κ2) is 6.46. The molecule has 0 saturated heterocycles. The van der Waals surface area contributed by atoms with E-state index in [0.29, 0.717) is 12.2 Å². The van der Waals surface area contributed by atoms with Gasteiger partial charge in [0.2, 0.25) is 0 Å². The topological polar surface area (TPSA) is 26.3 Å². The molecule has 0 spiro atoms. The summed E-state index contributed by atoms with van der Waals surface area (Å²) in [6.45, 7) is 2.22. The number of benzene rings is 1. The summed E-state index contributed by atoms with van der Waals surface area (Å²) < 4.78 is 4.79. The van der Waals surface area contributed by atoms with E-state index in [-0.39, 0.29) is 43.7 Å². The number of ether oxygens (including phenoxy) is 1. The first-order valence-electron chi connectivity index (χ1n) is 3.56. The van der Waals surface area contributed by atoms with Gasteiger partial charge >= 0.3 is 5.97 Å². The molecule has 0 heterocycles. The zero-order valence-electron chi connectivity index (χ0n) is 7.12. The average Bonchev–Trinajstić information content (AvgIpc) is 2.07. The van der Waals surface area contributed by atoms with Crippen LogP contribution in [0.25, 0.3) is 0 Å². The fourth-order valence-corrected chi connectivity index (χ4v) is 0.789. The second-order valence-electron chi connectivity index (χ2n) is 2.09. The van der Waals surface area contributed by atoms with E-state index in [1.807, 2.05) is 18.2 Å². The molecule has 0 bridgehead atoms. The Balaban J connectivity index is 0.00000121. The summed E-state index contributed by atoms with van der Waals surface area (Å²) in [7, 11) is 0. The van der Waals surface area contributed by atoms with Crippen molar-refractivity contribution < 1.29 is 9.53 Å². The molecule has 0 aliphatic carbocycles. The quantitative estimate of drug-likeness (QED) is 0.521. The maximum atomic E-state index is 11.0. The van der Waals surface area contributed by atoms with Gasteiger partial charge in [-0.1, -0.05) is 18.2 Å². The van der Waals surface area contributed by atoms with E-state index < -0.39 is 0 Å². The standard InChI is InChI=1S/C9H10O2.Ca/c1-2-11-9(10)8-6-4-3-5-7-8;/h3-7H,2H2,1H3;. The third-order valence-corrected chi connectivity index (χ3v) is 1.28. The molecule has 0 N–H and O–H groups in total. The zero-order valence-corrected chi connectivity index (χ0v) is 9.33. The van der Waals surface area contributed by atoms with Gasteiger partial charge in [0.25, 0.3) is 0 Å². The summed E-state index contributed by atoms with van der Waals surface area (Å²) in [4.78, 5) is 11.0. The summed E-state index contributed by atoms with van der Waals surface area (Å²) in [6.07, 6.45) is 0. The van der Waals surface area contributed by atoms with E-state index in [2.05, 4.69) is 0 Å². The normalized spacial score (nSPS) is 8.42. The Kier molecular flexibility index (Phi) is 6.44.